The topological polar surface area (TPSA) is 41.5 Å². The van der Waals surface area contributed by atoms with Gasteiger partial charge in [-0.05, 0) is 99.8 Å². The smallest absolute Gasteiger partial charge is 0.146 e. The number of nitrogens with one attached hydrogen (secondary N) is 1. The van der Waals surface area contributed by atoms with E-state index in [-0.39, 0.29) is 6.61 Å². The van der Waals surface area contributed by atoms with Gasteiger partial charge in [-0.1, -0.05) is 6.92 Å². The first-order valence-electron chi connectivity index (χ1n) is 6.06. The molecule has 0 saturated heterocycles. The quantitative estimate of drug-likeness (QED) is 0.371. The number of benzene rings is 1. The zero-order chi connectivity index (χ0) is 14.5. The second-order valence-corrected chi connectivity index (χ2v) is 8.23. The lowest BCUT2D eigenvalue weighted by atomic mass is 10.1. The van der Waals surface area contributed by atoms with Gasteiger partial charge in [0.1, 0.15) is 18.0 Å². The van der Waals surface area contributed by atoms with Crippen molar-refractivity contribution in [3.63, 3.8) is 0 Å². The summed E-state index contributed by atoms with van der Waals surface area (Å²) >= 11 is 6.82. The monoisotopic (exact) mass is 601 g/mol. The third-order valence-corrected chi connectivity index (χ3v) is 4.65. The average Bonchev–Trinajstić information content (AvgIpc) is 2.27. The first-order valence-corrected chi connectivity index (χ1v) is 9.30. The Kier molecular flexibility index (Phi) is 8.17. The van der Waals surface area contributed by atoms with Crippen molar-refractivity contribution in [2.45, 2.75) is 25.9 Å². The molecule has 0 aliphatic rings. The van der Waals surface area contributed by atoms with E-state index in [2.05, 4.69) is 92.1 Å². The number of hydrogen-bond acceptors (Lipinski definition) is 3. The second kappa shape index (κ2) is 8.54. The van der Waals surface area contributed by atoms with Gasteiger partial charge in [-0.25, -0.2) is 0 Å². The van der Waals surface area contributed by atoms with Gasteiger partial charge < -0.3 is 15.2 Å². The highest BCUT2D eigenvalue weighted by Gasteiger charge is 2.22. The molecule has 1 aromatic carbocycles. The summed E-state index contributed by atoms with van der Waals surface area (Å²) in [5, 5.41) is 13.5. The van der Waals surface area contributed by atoms with Gasteiger partial charge in [0.2, 0.25) is 0 Å². The third-order valence-electron chi connectivity index (χ3n) is 2.42. The molecule has 108 valence electrons. The van der Waals surface area contributed by atoms with Gasteiger partial charge in [0.25, 0.3) is 0 Å². The van der Waals surface area contributed by atoms with Gasteiger partial charge >= 0.3 is 0 Å². The minimum Gasteiger partial charge on any atom is -0.488 e. The largest absolute Gasteiger partial charge is 0.488 e. The van der Waals surface area contributed by atoms with Crippen LogP contribution in [0.5, 0.6) is 5.75 Å². The van der Waals surface area contributed by atoms with E-state index in [0.29, 0.717) is 6.54 Å². The summed E-state index contributed by atoms with van der Waals surface area (Å²) in [7, 11) is 0. The maximum Gasteiger partial charge on any atom is 0.146 e. The summed E-state index contributed by atoms with van der Waals surface area (Å²) < 4.78 is 9.15. The Morgan fingerprint density at radius 2 is 1.84 bits per heavy atom. The van der Waals surface area contributed by atoms with Crippen LogP contribution in [0.4, 0.5) is 0 Å². The predicted octanol–water partition coefficient (Wildman–Crippen LogP) is 3.63. The Bertz CT molecular complexity index is 401. The van der Waals surface area contributed by atoms with Gasteiger partial charge in [0.05, 0.1) is 7.14 Å². The average molecular weight is 601 g/mol. The highest BCUT2D eigenvalue weighted by Crippen LogP contribution is 2.30. The SMILES string of the molecule is CCCNCC(C)(O)COc1c(I)cc(I)cc1I. The zero-order valence-corrected chi connectivity index (χ0v) is 17.4. The molecule has 2 N–H and O–H groups in total. The Morgan fingerprint density at radius 3 is 2.37 bits per heavy atom. The second-order valence-electron chi connectivity index (χ2n) is 4.66. The Hall–Kier alpha value is 1.13. The minimum absolute atomic E-state index is 0.288. The van der Waals surface area contributed by atoms with E-state index in [0.717, 1.165) is 25.9 Å². The summed E-state index contributed by atoms with van der Waals surface area (Å²) in [5.74, 6) is 0.859. The first-order chi connectivity index (χ1) is 8.85. The molecule has 1 aromatic rings. The molecule has 1 rings (SSSR count). The molecule has 0 aliphatic heterocycles. The lowest BCUT2D eigenvalue weighted by Crippen LogP contribution is -2.43. The molecule has 0 fully saturated rings. The number of rotatable bonds is 7. The molecule has 1 unspecified atom stereocenters. The maximum absolute atomic E-state index is 10.2. The van der Waals surface area contributed by atoms with E-state index in [1.165, 1.54) is 3.57 Å². The van der Waals surface area contributed by atoms with Crippen LogP contribution in [0.15, 0.2) is 12.1 Å². The Labute approximate surface area is 155 Å². The Morgan fingerprint density at radius 1 is 1.26 bits per heavy atom. The summed E-state index contributed by atoms with van der Waals surface area (Å²) in [6, 6.07) is 4.14. The van der Waals surface area contributed by atoms with Gasteiger partial charge in [-0.15, -0.1) is 0 Å². The van der Waals surface area contributed by atoms with Crippen molar-refractivity contribution in [3.05, 3.63) is 22.8 Å². The summed E-state index contributed by atoms with van der Waals surface area (Å²) in [4.78, 5) is 0. The van der Waals surface area contributed by atoms with E-state index in [9.17, 15) is 5.11 Å². The highest BCUT2D eigenvalue weighted by molar-refractivity contribution is 14.1. The van der Waals surface area contributed by atoms with E-state index in [1.54, 1.807) is 6.92 Å². The van der Waals surface area contributed by atoms with Crippen molar-refractivity contribution >= 4 is 67.8 Å². The molecule has 1 atom stereocenters. The molecule has 0 aliphatic carbocycles. The van der Waals surface area contributed by atoms with Crippen molar-refractivity contribution in [3.8, 4) is 5.75 Å². The molecular formula is C13H18I3NO2. The fraction of sp³-hybridized carbons (Fsp3) is 0.538. The van der Waals surface area contributed by atoms with E-state index < -0.39 is 5.60 Å². The van der Waals surface area contributed by atoms with Crippen LogP contribution in [0.3, 0.4) is 0 Å². The Balaban J connectivity index is 2.61. The number of hydrogen-bond donors (Lipinski definition) is 2. The molecule has 0 aromatic heterocycles. The molecule has 0 bridgehead atoms. The van der Waals surface area contributed by atoms with Crippen LogP contribution in [-0.2, 0) is 0 Å². The van der Waals surface area contributed by atoms with Crippen molar-refractivity contribution in [2.24, 2.45) is 0 Å². The number of halogens is 3. The van der Waals surface area contributed by atoms with Crippen molar-refractivity contribution in [2.75, 3.05) is 19.7 Å². The summed E-state index contributed by atoms with van der Waals surface area (Å²) in [5.41, 5.74) is -0.857. The van der Waals surface area contributed by atoms with E-state index >= 15 is 0 Å². The zero-order valence-electron chi connectivity index (χ0n) is 11.0. The number of aliphatic hydroxyl groups is 1. The van der Waals surface area contributed by atoms with E-state index in [1.807, 2.05) is 0 Å². The highest BCUT2D eigenvalue weighted by atomic mass is 127. The van der Waals surface area contributed by atoms with Crippen LogP contribution >= 0.6 is 67.8 Å². The molecule has 19 heavy (non-hydrogen) atoms. The molecule has 3 nitrogen and oxygen atoms in total. The summed E-state index contributed by atoms with van der Waals surface area (Å²) in [6.07, 6.45) is 1.06. The van der Waals surface area contributed by atoms with Gasteiger partial charge in [-0.3, -0.25) is 0 Å². The van der Waals surface area contributed by atoms with Crippen LogP contribution in [0.2, 0.25) is 0 Å². The van der Waals surface area contributed by atoms with Crippen LogP contribution in [0.25, 0.3) is 0 Å². The van der Waals surface area contributed by atoms with Crippen molar-refractivity contribution < 1.29 is 9.84 Å². The van der Waals surface area contributed by atoms with Crippen molar-refractivity contribution in [1.29, 1.82) is 0 Å². The lowest BCUT2D eigenvalue weighted by Gasteiger charge is -2.24. The summed E-state index contributed by atoms with van der Waals surface area (Å²) in [6.45, 7) is 5.64. The normalized spacial score (nSPS) is 14.2. The molecule has 0 spiro atoms. The fourth-order valence-corrected chi connectivity index (χ4v) is 5.37. The molecule has 0 saturated carbocycles. The van der Waals surface area contributed by atoms with Gasteiger partial charge in [0.15, 0.2) is 0 Å². The minimum atomic E-state index is -0.857. The molecule has 6 heteroatoms. The molecule has 0 heterocycles. The standard InChI is InChI=1S/C13H18I3NO2/c1-3-4-17-7-13(2,18)8-19-12-10(15)5-9(14)6-11(12)16/h5-6,17-18H,3-4,7-8H2,1-2H3. The molecule has 0 radical (unpaired) electrons. The first kappa shape index (κ1) is 18.2. The maximum atomic E-state index is 10.2. The molecular weight excluding hydrogens is 583 g/mol. The van der Waals surface area contributed by atoms with Crippen LogP contribution in [-0.4, -0.2) is 30.4 Å². The van der Waals surface area contributed by atoms with Crippen LogP contribution in [0.1, 0.15) is 20.3 Å². The fourth-order valence-electron chi connectivity index (χ4n) is 1.48. The number of ether oxygens (including phenoxy) is 1. The molecule has 0 amide bonds. The van der Waals surface area contributed by atoms with Crippen molar-refractivity contribution in [1.82, 2.24) is 5.32 Å². The lowest BCUT2D eigenvalue weighted by molar-refractivity contribution is 0.0119. The predicted molar refractivity (Wildman–Crippen MR) is 104 cm³/mol. The van der Waals surface area contributed by atoms with Crippen LogP contribution < -0.4 is 10.1 Å². The third kappa shape index (κ3) is 6.62. The van der Waals surface area contributed by atoms with Gasteiger partial charge in [0, 0.05) is 10.1 Å². The van der Waals surface area contributed by atoms with Crippen LogP contribution in [0, 0.1) is 10.7 Å². The van der Waals surface area contributed by atoms with Gasteiger partial charge in [-0.2, -0.15) is 0 Å². The van der Waals surface area contributed by atoms with E-state index in [4.69, 9.17) is 4.74 Å².